The Morgan fingerprint density at radius 3 is 1.62 bits per heavy atom. The number of anilines is 2. The van der Waals surface area contributed by atoms with Gasteiger partial charge in [0.15, 0.2) is 0 Å². The minimum Gasteiger partial charge on any atom is -0.392 e. The van der Waals surface area contributed by atoms with E-state index < -0.39 is 0 Å². The Labute approximate surface area is 156 Å². The molecule has 3 rings (SSSR count). The summed E-state index contributed by atoms with van der Waals surface area (Å²) in [7, 11) is 8.15. The van der Waals surface area contributed by atoms with Crippen molar-refractivity contribution in [2.24, 2.45) is 0 Å². The highest BCUT2D eigenvalue weighted by molar-refractivity contribution is 5.86. The van der Waals surface area contributed by atoms with Crippen molar-refractivity contribution in [3.63, 3.8) is 0 Å². The number of hydrogen-bond acceptors (Lipinski definition) is 3. The Bertz CT molecular complexity index is 866. The molecule has 3 aromatic rings. The van der Waals surface area contributed by atoms with E-state index in [0.717, 1.165) is 33.5 Å². The average Bonchev–Trinajstić information content (AvgIpc) is 2.67. The molecular weight excluding hydrogens is 320 g/mol. The highest BCUT2D eigenvalue weighted by Gasteiger charge is 2.12. The van der Waals surface area contributed by atoms with E-state index in [1.165, 1.54) is 5.69 Å². The van der Waals surface area contributed by atoms with E-state index in [1.54, 1.807) is 0 Å². The molecule has 0 aliphatic rings. The molecule has 0 bridgehead atoms. The van der Waals surface area contributed by atoms with E-state index in [4.69, 9.17) is 0 Å². The SMILES string of the molecule is CN(C)c1ccc(-c2cccc(CO)c2-c2ccc(N(C)C)cc2)cc1. The van der Waals surface area contributed by atoms with Gasteiger partial charge in [0, 0.05) is 39.6 Å². The van der Waals surface area contributed by atoms with Crippen LogP contribution in [-0.2, 0) is 6.61 Å². The molecule has 3 aromatic carbocycles. The molecule has 0 unspecified atom stereocenters. The van der Waals surface area contributed by atoms with E-state index in [1.807, 2.05) is 40.3 Å². The van der Waals surface area contributed by atoms with Gasteiger partial charge in [-0.25, -0.2) is 0 Å². The van der Waals surface area contributed by atoms with Crippen molar-refractivity contribution in [2.75, 3.05) is 38.0 Å². The summed E-state index contributed by atoms with van der Waals surface area (Å²) in [5.74, 6) is 0. The molecule has 0 radical (unpaired) electrons. The Morgan fingerprint density at radius 2 is 1.15 bits per heavy atom. The highest BCUT2D eigenvalue weighted by Crippen LogP contribution is 2.36. The van der Waals surface area contributed by atoms with Gasteiger partial charge < -0.3 is 14.9 Å². The van der Waals surface area contributed by atoms with Gasteiger partial charge >= 0.3 is 0 Å². The highest BCUT2D eigenvalue weighted by atomic mass is 16.3. The number of rotatable bonds is 5. The molecule has 3 nitrogen and oxygen atoms in total. The van der Waals surface area contributed by atoms with Crippen LogP contribution < -0.4 is 9.80 Å². The lowest BCUT2D eigenvalue weighted by Gasteiger charge is -2.18. The predicted molar refractivity (Wildman–Crippen MR) is 112 cm³/mol. The predicted octanol–water partition coefficient (Wildman–Crippen LogP) is 4.64. The zero-order valence-electron chi connectivity index (χ0n) is 15.9. The van der Waals surface area contributed by atoms with E-state index in [2.05, 4.69) is 64.4 Å². The summed E-state index contributed by atoms with van der Waals surface area (Å²) in [6.07, 6.45) is 0. The second-order valence-electron chi connectivity index (χ2n) is 6.88. The topological polar surface area (TPSA) is 26.7 Å². The van der Waals surface area contributed by atoms with Gasteiger partial charge in [-0.1, -0.05) is 42.5 Å². The molecule has 0 aromatic heterocycles. The van der Waals surface area contributed by atoms with Crippen LogP contribution in [0, 0.1) is 0 Å². The Balaban J connectivity index is 2.12. The quantitative estimate of drug-likeness (QED) is 0.729. The second-order valence-corrected chi connectivity index (χ2v) is 6.88. The summed E-state index contributed by atoms with van der Waals surface area (Å²) in [6.45, 7) is 0.0222. The fraction of sp³-hybridized carbons (Fsp3) is 0.217. The van der Waals surface area contributed by atoms with Gasteiger partial charge in [-0.15, -0.1) is 0 Å². The fourth-order valence-corrected chi connectivity index (χ4v) is 3.18. The third-order valence-electron chi connectivity index (χ3n) is 4.69. The van der Waals surface area contributed by atoms with Crippen LogP contribution in [0.25, 0.3) is 22.3 Å². The maximum absolute atomic E-state index is 9.90. The molecule has 3 heteroatoms. The number of aliphatic hydroxyl groups is 1. The van der Waals surface area contributed by atoms with Gasteiger partial charge in [-0.3, -0.25) is 0 Å². The van der Waals surface area contributed by atoms with Gasteiger partial charge in [-0.05, 0) is 52.1 Å². The Kier molecular flexibility index (Phi) is 5.29. The third-order valence-corrected chi connectivity index (χ3v) is 4.69. The van der Waals surface area contributed by atoms with Crippen molar-refractivity contribution in [3.05, 3.63) is 72.3 Å². The molecule has 0 amide bonds. The monoisotopic (exact) mass is 346 g/mol. The zero-order valence-corrected chi connectivity index (χ0v) is 15.9. The maximum Gasteiger partial charge on any atom is 0.0688 e. The smallest absolute Gasteiger partial charge is 0.0688 e. The summed E-state index contributed by atoms with van der Waals surface area (Å²) in [4.78, 5) is 4.18. The van der Waals surface area contributed by atoms with Crippen LogP contribution >= 0.6 is 0 Å². The minimum absolute atomic E-state index is 0.0222. The van der Waals surface area contributed by atoms with E-state index in [9.17, 15) is 5.11 Å². The molecule has 0 atom stereocenters. The van der Waals surface area contributed by atoms with Crippen LogP contribution in [0.4, 0.5) is 11.4 Å². The largest absolute Gasteiger partial charge is 0.392 e. The Morgan fingerprint density at radius 1 is 0.654 bits per heavy atom. The summed E-state index contributed by atoms with van der Waals surface area (Å²) < 4.78 is 0. The van der Waals surface area contributed by atoms with E-state index in [-0.39, 0.29) is 6.61 Å². The normalized spacial score (nSPS) is 10.7. The van der Waals surface area contributed by atoms with Crippen molar-refractivity contribution in [3.8, 4) is 22.3 Å². The first kappa shape index (κ1) is 18.0. The number of aliphatic hydroxyl groups excluding tert-OH is 1. The molecule has 134 valence electrons. The molecule has 0 saturated heterocycles. The zero-order chi connectivity index (χ0) is 18.7. The summed E-state index contributed by atoms with van der Waals surface area (Å²) >= 11 is 0. The van der Waals surface area contributed by atoms with E-state index in [0.29, 0.717) is 0 Å². The molecule has 0 saturated carbocycles. The standard InChI is InChI=1S/C23H26N2O/c1-24(2)20-12-8-17(9-13-20)22-7-5-6-19(16-26)23(22)18-10-14-21(15-11-18)25(3)4/h5-15,26H,16H2,1-4H3. The molecule has 0 aliphatic carbocycles. The van der Waals surface area contributed by atoms with Crippen LogP contribution in [-0.4, -0.2) is 33.3 Å². The van der Waals surface area contributed by atoms with Crippen LogP contribution in [0.1, 0.15) is 5.56 Å². The molecule has 0 spiro atoms. The molecule has 0 heterocycles. The first-order valence-corrected chi connectivity index (χ1v) is 8.79. The van der Waals surface area contributed by atoms with Gasteiger partial charge in [0.2, 0.25) is 0 Å². The fourth-order valence-electron chi connectivity index (χ4n) is 3.18. The summed E-state index contributed by atoms with van der Waals surface area (Å²) in [5.41, 5.74) is 7.77. The average molecular weight is 346 g/mol. The lowest BCUT2D eigenvalue weighted by molar-refractivity contribution is 0.282. The van der Waals surface area contributed by atoms with Gasteiger partial charge in [0.1, 0.15) is 0 Å². The first-order valence-electron chi connectivity index (χ1n) is 8.79. The van der Waals surface area contributed by atoms with Gasteiger partial charge in [0.05, 0.1) is 6.61 Å². The molecule has 0 aliphatic heterocycles. The summed E-state index contributed by atoms with van der Waals surface area (Å²) in [6, 6.07) is 23.1. The second kappa shape index (κ2) is 7.63. The Hall–Kier alpha value is -2.78. The van der Waals surface area contributed by atoms with Crippen LogP contribution in [0.2, 0.25) is 0 Å². The number of nitrogens with zero attached hydrogens (tertiary/aromatic N) is 2. The number of benzene rings is 3. The van der Waals surface area contributed by atoms with Gasteiger partial charge in [-0.2, -0.15) is 0 Å². The molecule has 0 fully saturated rings. The van der Waals surface area contributed by atoms with Crippen LogP contribution in [0.5, 0.6) is 0 Å². The van der Waals surface area contributed by atoms with E-state index >= 15 is 0 Å². The first-order chi connectivity index (χ1) is 12.5. The molecular formula is C23H26N2O. The van der Waals surface area contributed by atoms with Crippen molar-refractivity contribution in [1.82, 2.24) is 0 Å². The van der Waals surface area contributed by atoms with Crippen LogP contribution in [0.3, 0.4) is 0 Å². The van der Waals surface area contributed by atoms with Crippen molar-refractivity contribution in [2.45, 2.75) is 6.61 Å². The third kappa shape index (κ3) is 3.58. The lowest BCUT2D eigenvalue weighted by atomic mass is 9.90. The maximum atomic E-state index is 9.90. The van der Waals surface area contributed by atoms with Crippen molar-refractivity contribution < 1.29 is 5.11 Å². The van der Waals surface area contributed by atoms with Gasteiger partial charge in [0.25, 0.3) is 0 Å². The number of hydrogen-bond donors (Lipinski definition) is 1. The van der Waals surface area contributed by atoms with Crippen LogP contribution in [0.15, 0.2) is 66.7 Å². The summed E-state index contributed by atoms with van der Waals surface area (Å²) in [5, 5.41) is 9.90. The molecule has 1 N–H and O–H groups in total. The minimum atomic E-state index is 0.0222. The van der Waals surface area contributed by atoms with Crippen molar-refractivity contribution >= 4 is 11.4 Å². The lowest BCUT2D eigenvalue weighted by Crippen LogP contribution is -2.08. The van der Waals surface area contributed by atoms with Crippen molar-refractivity contribution in [1.29, 1.82) is 0 Å². The molecule has 26 heavy (non-hydrogen) atoms.